The van der Waals surface area contributed by atoms with Gasteiger partial charge in [-0.05, 0) is 61.4 Å². The van der Waals surface area contributed by atoms with E-state index in [1.807, 2.05) is 0 Å². The zero-order valence-electron chi connectivity index (χ0n) is 22.7. The van der Waals surface area contributed by atoms with Crippen molar-refractivity contribution in [2.75, 3.05) is 0 Å². The SMILES string of the molecule is CCCCCCCC(CCCC)c1cccc(C(=O)O)c1C(=O)O.Cc1ccc(C(=O)O)c(C(=O)O)c1C. The Balaban J connectivity index is 0.000000437. The molecule has 0 heterocycles. The normalized spacial score (nSPS) is 11.3. The first-order valence-corrected chi connectivity index (χ1v) is 13.1. The summed E-state index contributed by atoms with van der Waals surface area (Å²) in [4.78, 5) is 44.6. The van der Waals surface area contributed by atoms with Crippen LogP contribution in [-0.4, -0.2) is 44.3 Å². The topological polar surface area (TPSA) is 149 Å². The second-order valence-electron chi connectivity index (χ2n) is 9.46. The summed E-state index contributed by atoms with van der Waals surface area (Å²) in [7, 11) is 0. The fraction of sp³-hybridized carbons (Fsp3) is 0.467. The Kier molecular flexibility index (Phi) is 13.8. The zero-order chi connectivity index (χ0) is 28.8. The fourth-order valence-electron chi connectivity index (χ4n) is 4.50. The maximum Gasteiger partial charge on any atom is 0.336 e. The molecule has 1 atom stereocenters. The molecule has 38 heavy (non-hydrogen) atoms. The highest BCUT2D eigenvalue weighted by molar-refractivity contribution is 6.03. The van der Waals surface area contributed by atoms with Crippen LogP contribution in [0.1, 0.15) is 136 Å². The molecule has 0 aromatic heterocycles. The summed E-state index contributed by atoms with van der Waals surface area (Å²) in [5.74, 6) is -4.62. The first kappa shape index (κ1) is 32.3. The lowest BCUT2D eigenvalue weighted by atomic mass is 9.84. The summed E-state index contributed by atoms with van der Waals surface area (Å²) in [6.45, 7) is 7.64. The number of carboxylic acids is 4. The van der Waals surface area contributed by atoms with Crippen molar-refractivity contribution in [2.45, 2.75) is 91.4 Å². The van der Waals surface area contributed by atoms with Gasteiger partial charge < -0.3 is 20.4 Å². The number of carbonyl (C=O) groups is 4. The van der Waals surface area contributed by atoms with Gasteiger partial charge in [0.2, 0.25) is 0 Å². The maximum absolute atomic E-state index is 11.7. The lowest BCUT2D eigenvalue weighted by molar-refractivity contribution is 0.0650. The highest BCUT2D eigenvalue weighted by Gasteiger charge is 2.24. The molecule has 0 amide bonds. The van der Waals surface area contributed by atoms with Crippen LogP contribution in [0.15, 0.2) is 30.3 Å². The average molecular weight is 529 g/mol. The summed E-state index contributed by atoms with van der Waals surface area (Å²) in [5.41, 5.74) is 1.53. The van der Waals surface area contributed by atoms with Gasteiger partial charge in [0.05, 0.1) is 22.3 Å². The van der Waals surface area contributed by atoms with Crippen molar-refractivity contribution in [1.29, 1.82) is 0 Å². The molecule has 0 saturated carbocycles. The van der Waals surface area contributed by atoms with Crippen molar-refractivity contribution in [3.05, 3.63) is 69.3 Å². The van der Waals surface area contributed by atoms with E-state index in [0.717, 1.165) is 44.1 Å². The Labute approximate surface area is 224 Å². The molecule has 0 spiro atoms. The molecule has 2 aromatic carbocycles. The lowest BCUT2D eigenvalue weighted by Crippen LogP contribution is -2.14. The van der Waals surface area contributed by atoms with Gasteiger partial charge >= 0.3 is 23.9 Å². The van der Waals surface area contributed by atoms with Gasteiger partial charge in [0, 0.05) is 0 Å². The van der Waals surface area contributed by atoms with Crippen LogP contribution in [0.3, 0.4) is 0 Å². The molecule has 1 unspecified atom stereocenters. The second kappa shape index (κ2) is 16.2. The molecule has 208 valence electrons. The molecule has 8 nitrogen and oxygen atoms in total. The Morgan fingerprint density at radius 3 is 1.68 bits per heavy atom. The van der Waals surface area contributed by atoms with Gasteiger partial charge in [-0.3, -0.25) is 0 Å². The second-order valence-corrected chi connectivity index (χ2v) is 9.46. The molecule has 8 heteroatoms. The highest BCUT2D eigenvalue weighted by Crippen LogP contribution is 2.32. The molecule has 0 radical (unpaired) electrons. The van der Waals surface area contributed by atoms with Gasteiger partial charge in [-0.15, -0.1) is 0 Å². The van der Waals surface area contributed by atoms with Crippen molar-refractivity contribution < 1.29 is 39.6 Å². The minimum atomic E-state index is -1.22. The van der Waals surface area contributed by atoms with Crippen LogP contribution >= 0.6 is 0 Å². The molecular formula is C30H40O8. The predicted octanol–water partition coefficient (Wildman–Crippen LogP) is 7.42. The molecule has 2 rings (SSSR count). The van der Waals surface area contributed by atoms with Gasteiger partial charge in [-0.1, -0.05) is 77.0 Å². The largest absolute Gasteiger partial charge is 0.478 e. The Hall–Kier alpha value is -3.68. The van der Waals surface area contributed by atoms with Crippen LogP contribution in [0.25, 0.3) is 0 Å². The molecule has 0 bridgehead atoms. The van der Waals surface area contributed by atoms with E-state index < -0.39 is 23.9 Å². The number of hydrogen-bond donors (Lipinski definition) is 4. The Morgan fingerprint density at radius 2 is 1.16 bits per heavy atom. The number of benzene rings is 2. The first-order chi connectivity index (χ1) is 18.0. The third kappa shape index (κ3) is 9.32. The quantitative estimate of drug-likeness (QED) is 0.185. The Bertz CT molecular complexity index is 1120. The van der Waals surface area contributed by atoms with Crippen LogP contribution < -0.4 is 0 Å². The summed E-state index contributed by atoms with van der Waals surface area (Å²) < 4.78 is 0. The number of rotatable bonds is 14. The number of hydrogen-bond acceptors (Lipinski definition) is 4. The minimum Gasteiger partial charge on any atom is -0.478 e. The molecule has 0 saturated heterocycles. The van der Waals surface area contributed by atoms with E-state index >= 15 is 0 Å². The van der Waals surface area contributed by atoms with Gasteiger partial charge in [0.1, 0.15) is 0 Å². The zero-order valence-corrected chi connectivity index (χ0v) is 22.7. The maximum atomic E-state index is 11.7. The Morgan fingerprint density at radius 1 is 0.632 bits per heavy atom. The van der Waals surface area contributed by atoms with E-state index in [1.54, 1.807) is 32.0 Å². The molecular weight excluding hydrogens is 488 g/mol. The van der Waals surface area contributed by atoms with Gasteiger partial charge in [-0.2, -0.15) is 0 Å². The monoisotopic (exact) mass is 528 g/mol. The van der Waals surface area contributed by atoms with Crippen LogP contribution in [0.4, 0.5) is 0 Å². The highest BCUT2D eigenvalue weighted by atomic mass is 16.4. The summed E-state index contributed by atoms with van der Waals surface area (Å²) in [6, 6.07) is 7.76. The summed E-state index contributed by atoms with van der Waals surface area (Å²) in [5, 5.41) is 36.5. The third-order valence-corrected chi connectivity index (χ3v) is 6.72. The smallest absolute Gasteiger partial charge is 0.336 e. The van der Waals surface area contributed by atoms with E-state index in [-0.39, 0.29) is 28.2 Å². The molecule has 4 N–H and O–H groups in total. The number of aromatic carboxylic acids is 4. The van der Waals surface area contributed by atoms with Crippen LogP contribution in [0.5, 0.6) is 0 Å². The van der Waals surface area contributed by atoms with Crippen molar-refractivity contribution in [2.24, 2.45) is 0 Å². The van der Waals surface area contributed by atoms with Crippen LogP contribution in [0, 0.1) is 13.8 Å². The van der Waals surface area contributed by atoms with E-state index in [4.69, 9.17) is 10.2 Å². The molecule has 0 aliphatic rings. The fourth-order valence-corrected chi connectivity index (χ4v) is 4.50. The van der Waals surface area contributed by atoms with Gasteiger partial charge in [-0.25, -0.2) is 19.2 Å². The van der Waals surface area contributed by atoms with E-state index in [1.165, 1.54) is 31.4 Å². The van der Waals surface area contributed by atoms with E-state index in [9.17, 15) is 29.4 Å². The lowest BCUT2D eigenvalue weighted by Gasteiger charge is -2.20. The summed E-state index contributed by atoms with van der Waals surface area (Å²) >= 11 is 0. The number of carboxylic acid groups (broad SMARTS) is 4. The third-order valence-electron chi connectivity index (χ3n) is 6.72. The predicted molar refractivity (Wildman–Crippen MR) is 146 cm³/mol. The van der Waals surface area contributed by atoms with Crippen LogP contribution in [-0.2, 0) is 0 Å². The van der Waals surface area contributed by atoms with Crippen molar-refractivity contribution in [3.8, 4) is 0 Å². The minimum absolute atomic E-state index is 0.0281. The average Bonchev–Trinajstić information content (AvgIpc) is 2.86. The van der Waals surface area contributed by atoms with Crippen LogP contribution in [0.2, 0.25) is 0 Å². The first-order valence-electron chi connectivity index (χ1n) is 13.1. The molecule has 2 aromatic rings. The molecule has 0 aliphatic heterocycles. The standard InChI is InChI=1S/C20H30O4.C10H10O4/c1-3-5-7-8-9-12-15(11-6-4-2)16-13-10-14-17(19(21)22)18(16)20(23)24;1-5-3-4-7(9(11)12)8(6(5)2)10(13)14/h10,13-15H,3-9,11-12H2,1-2H3,(H,21,22)(H,23,24);3-4H,1-2H3,(H,11,12)(H,13,14). The number of aryl methyl sites for hydroxylation is 1. The van der Waals surface area contributed by atoms with E-state index in [2.05, 4.69) is 13.8 Å². The van der Waals surface area contributed by atoms with Crippen molar-refractivity contribution >= 4 is 23.9 Å². The summed E-state index contributed by atoms with van der Waals surface area (Å²) in [6.07, 6.45) is 9.75. The molecule has 0 aliphatic carbocycles. The van der Waals surface area contributed by atoms with Gasteiger partial charge in [0.15, 0.2) is 0 Å². The van der Waals surface area contributed by atoms with Crippen molar-refractivity contribution in [3.63, 3.8) is 0 Å². The van der Waals surface area contributed by atoms with Gasteiger partial charge in [0.25, 0.3) is 0 Å². The number of unbranched alkanes of at least 4 members (excludes halogenated alkanes) is 5. The molecule has 0 fully saturated rings. The van der Waals surface area contributed by atoms with E-state index in [0.29, 0.717) is 11.1 Å². The van der Waals surface area contributed by atoms with Crippen molar-refractivity contribution in [1.82, 2.24) is 0 Å².